The first-order valence-electron chi connectivity index (χ1n) is 10.6. The summed E-state index contributed by atoms with van der Waals surface area (Å²) in [4.78, 5) is 1.19. The summed E-state index contributed by atoms with van der Waals surface area (Å²) in [6, 6.07) is 20.5. The lowest BCUT2D eigenvalue weighted by Crippen LogP contribution is -2.57. The molecule has 4 rings (SSSR count). The lowest BCUT2D eigenvalue weighted by Gasteiger charge is -2.48. The highest BCUT2D eigenvalue weighted by Crippen LogP contribution is 2.42. The SMILES string of the molecule is CCCCOC1[C@@H](Sc2ccccc2)OC2COC(c3ccccc3)O[C@H]2[C@@H]1C. The smallest absolute Gasteiger partial charge is 0.184 e. The van der Waals surface area contributed by atoms with E-state index < -0.39 is 0 Å². The van der Waals surface area contributed by atoms with Gasteiger partial charge in [-0.05, 0) is 18.6 Å². The molecule has 0 spiro atoms. The van der Waals surface area contributed by atoms with E-state index in [1.807, 2.05) is 36.4 Å². The maximum Gasteiger partial charge on any atom is 0.184 e. The van der Waals surface area contributed by atoms with E-state index in [4.69, 9.17) is 18.9 Å². The number of hydrogen-bond donors (Lipinski definition) is 0. The van der Waals surface area contributed by atoms with Crippen molar-refractivity contribution in [1.29, 1.82) is 0 Å². The molecule has 0 radical (unpaired) electrons. The number of benzene rings is 2. The molecule has 0 amide bonds. The zero-order chi connectivity index (χ0) is 20.1. The Labute approximate surface area is 177 Å². The molecule has 0 saturated carbocycles. The van der Waals surface area contributed by atoms with Gasteiger partial charge in [0.25, 0.3) is 0 Å². The van der Waals surface area contributed by atoms with E-state index in [1.165, 1.54) is 4.90 Å². The fourth-order valence-corrected chi connectivity index (χ4v) is 5.16. The molecule has 2 aliphatic heterocycles. The van der Waals surface area contributed by atoms with E-state index in [9.17, 15) is 0 Å². The van der Waals surface area contributed by atoms with Gasteiger partial charge < -0.3 is 18.9 Å². The highest BCUT2D eigenvalue weighted by atomic mass is 32.2. The van der Waals surface area contributed by atoms with Crippen LogP contribution in [0.2, 0.25) is 0 Å². The van der Waals surface area contributed by atoms with Crippen LogP contribution in [0.3, 0.4) is 0 Å². The third kappa shape index (κ3) is 5.04. The fraction of sp³-hybridized carbons (Fsp3) is 0.500. The van der Waals surface area contributed by atoms with Crippen molar-refractivity contribution in [3.8, 4) is 0 Å². The van der Waals surface area contributed by atoms with Crippen molar-refractivity contribution < 1.29 is 18.9 Å². The normalized spacial score (nSPS) is 31.9. The second-order valence-electron chi connectivity index (χ2n) is 7.70. The zero-order valence-corrected chi connectivity index (χ0v) is 17.9. The molecule has 4 nitrogen and oxygen atoms in total. The number of fused-ring (bicyclic) bond motifs is 1. The molecule has 5 heteroatoms. The standard InChI is InChI=1S/C24H30O4S/c1-3-4-15-25-22-17(2)21-20(27-24(22)29-19-13-9-6-10-14-19)16-26-23(28-21)18-11-7-5-8-12-18/h5-14,17,20-24H,3-4,15-16H2,1-2H3/t17-,20?,21-,22?,23?,24+/m0/s1. The van der Waals surface area contributed by atoms with E-state index in [1.54, 1.807) is 11.8 Å². The summed E-state index contributed by atoms with van der Waals surface area (Å²) in [5.74, 6) is 0.210. The van der Waals surface area contributed by atoms with Crippen LogP contribution in [-0.4, -0.2) is 37.0 Å². The Morgan fingerprint density at radius 1 is 1.00 bits per heavy atom. The Kier molecular flexibility index (Phi) is 7.27. The second-order valence-corrected chi connectivity index (χ2v) is 8.87. The lowest BCUT2D eigenvalue weighted by atomic mass is 9.90. The first-order valence-corrected chi connectivity index (χ1v) is 11.4. The van der Waals surface area contributed by atoms with Gasteiger partial charge in [-0.3, -0.25) is 0 Å². The molecule has 0 bridgehead atoms. The van der Waals surface area contributed by atoms with Crippen LogP contribution in [-0.2, 0) is 18.9 Å². The van der Waals surface area contributed by atoms with Crippen molar-refractivity contribution in [2.24, 2.45) is 5.92 Å². The molecule has 2 heterocycles. The zero-order valence-electron chi connectivity index (χ0n) is 17.1. The van der Waals surface area contributed by atoms with E-state index in [0.29, 0.717) is 6.61 Å². The summed E-state index contributed by atoms with van der Waals surface area (Å²) in [6.07, 6.45) is 1.66. The van der Waals surface area contributed by atoms with Gasteiger partial charge in [0.2, 0.25) is 0 Å². The number of unbranched alkanes of at least 4 members (excludes halogenated alkanes) is 1. The van der Waals surface area contributed by atoms with Crippen LogP contribution < -0.4 is 0 Å². The van der Waals surface area contributed by atoms with E-state index >= 15 is 0 Å². The Morgan fingerprint density at radius 2 is 1.72 bits per heavy atom. The first kappa shape index (κ1) is 20.9. The molecule has 2 aliphatic rings. The molecule has 0 aliphatic carbocycles. The predicted octanol–water partition coefficient (Wildman–Crippen LogP) is 5.44. The summed E-state index contributed by atoms with van der Waals surface area (Å²) in [5, 5.41) is 0. The molecule has 156 valence electrons. The first-order chi connectivity index (χ1) is 14.3. The van der Waals surface area contributed by atoms with Gasteiger partial charge in [-0.25, -0.2) is 0 Å². The monoisotopic (exact) mass is 414 g/mol. The summed E-state index contributed by atoms with van der Waals surface area (Å²) in [5.41, 5.74) is 0.966. The topological polar surface area (TPSA) is 36.9 Å². The molecule has 29 heavy (non-hydrogen) atoms. The number of rotatable bonds is 7. The van der Waals surface area contributed by atoms with Crippen molar-refractivity contribution in [2.75, 3.05) is 13.2 Å². The van der Waals surface area contributed by atoms with Crippen molar-refractivity contribution in [1.82, 2.24) is 0 Å². The molecule has 3 unspecified atom stereocenters. The van der Waals surface area contributed by atoms with Crippen LogP contribution in [0.4, 0.5) is 0 Å². The molecular formula is C24H30O4S. The van der Waals surface area contributed by atoms with Gasteiger partial charge in [0.05, 0.1) is 18.8 Å². The second kappa shape index (κ2) is 10.1. The summed E-state index contributed by atoms with van der Waals surface area (Å²) in [6.45, 7) is 5.68. The minimum Gasteiger partial charge on any atom is -0.374 e. The Morgan fingerprint density at radius 3 is 2.45 bits per heavy atom. The fourth-order valence-electron chi connectivity index (χ4n) is 3.92. The molecule has 6 atom stereocenters. The van der Waals surface area contributed by atoms with Crippen molar-refractivity contribution in [3.05, 3.63) is 66.2 Å². The minimum absolute atomic E-state index is 0.0254. The maximum absolute atomic E-state index is 6.48. The van der Waals surface area contributed by atoms with Gasteiger partial charge >= 0.3 is 0 Å². The third-order valence-electron chi connectivity index (χ3n) is 5.55. The van der Waals surface area contributed by atoms with Crippen LogP contribution in [0.25, 0.3) is 0 Å². The van der Waals surface area contributed by atoms with Gasteiger partial charge in [0, 0.05) is 23.0 Å². The van der Waals surface area contributed by atoms with Gasteiger partial charge in [-0.1, -0.05) is 80.6 Å². The molecular weight excluding hydrogens is 384 g/mol. The van der Waals surface area contributed by atoms with Crippen molar-refractivity contribution in [3.63, 3.8) is 0 Å². The van der Waals surface area contributed by atoms with Gasteiger partial charge in [0.15, 0.2) is 6.29 Å². The molecule has 2 aromatic rings. The Bertz CT molecular complexity index is 741. The number of thioether (sulfide) groups is 1. The summed E-state index contributed by atoms with van der Waals surface area (Å²) in [7, 11) is 0. The maximum atomic E-state index is 6.48. The predicted molar refractivity (Wildman–Crippen MR) is 115 cm³/mol. The van der Waals surface area contributed by atoms with E-state index in [0.717, 1.165) is 25.0 Å². The van der Waals surface area contributed by atoms with Crippen molar-refractivity contribution >= 4 is 11.8 Å². The Balaban J connectivity index is 1.49. The number of hydrogen-bond acceptors (Lipinski definition) is 5. The third-order valence-corrected chi connectivity index (χ3v) is 6.70. The molecule has 2 aromatic carbocycles. The average Bonchev–Trinajstić information content (AvgIpc) is 2.77. The highest BCUT2D eigenvalue weighted by Gasteiger charge is 2.48. The lowest BCUT2D eigenvalue weighted by molar-refractivity contribution is -0.310. The van der Waals surface area contributed by atoms with Gasteiger partial charge in [0.1, 0.15) is 11.5 Å². The van der Waals surface area contributed by atoms with Crippen LogP contribution in [0.1, 0.15) is 38.5 Å². The minimum atomic E-state index is -0.349. The van der Waals surface area contributed by atoms with Crippen LogP contribution in [0, 0.1) is 5.92 Å². The molecule has 0 aromatic heterocycles. The van der Waals surface area contributed by atoms with Gasteiger partial charge in [-0.2, -0.15) is 0 Å². The summed E-state index contributed by atoms with van der Waals surface area (Å²) >= 11 is 1.73. The van der Waals surface area contributed by atoms with Crippen molar-refractivity contribution in [2.45, 2.75) is 61.6 Å². The molecule has 2 fully saturated rings. The average molecular weight is 415 g/mol. The number of ether oxygens (including phenoxy) is 4. The highest BCUT2D eigenvalue weighted by molar-refractivity contribution is 7.99. The van der Waals surface area contributed by atoms with E-state index in [2.05, 4.69) is 38.1 Å². The quantitative estimate of drug-likeness (QED) is 0.564. The molecule has 2 saturated heterocycles. The van der Waals surface area contributed by atoms with E-state index in [-0.39, 0.29) is 36.0 Å². The van der Waals surface area contributed by atoms with Crippen LogP contribution in [0.15, 0.2) is 65.6 Å². The van der Waals surface area contributed by atoms with Crippen LogP contribution >= 0.6 is 11.8 Å². The Hall–Kier alpha value is -1.37. The molecule has 0 N–H and O–H groups in total. The largest absolute Gasteiger partial charge is 0.374 e. The van der Waals surface area contributed by atoms with Gasteiger partial charge in [-0.15, -0.1) is 0 Å². The van der Waals surface area contributed by atoms with Crippen LogP contribution in [0.5, 0.6) is 0 Å². The summed E-state index contributed by atoms with van der Waals surface area (Å²) < 4.78 is 25.2.